The SMILES string of the molecule is O=C(CC1CC2OC(CNC3CCC(F)(F)CC3)C(O)C2O1)NC1CC1. The van der Waals surface area contributed by atoms with Crippen molar-refractivity contribution in [3.05, 3.63) is 0 Å². The van der Waals surface area contributed by atoms with Gasteiger partial charge in [0.1, 0.15) is 12.2 Å². The third-order valence-corrected chi connectivity index (χ3v) is 5.96. The molecule has 4 aliphatic rings. The van der Waals surface area contributed by atoms with Gasteiger partial charge in [-0.25, -0.2) is 8.78 Å². The van der Waals surface area contributed by atoms with Crippen LogP contribution in [0.1, 0.15) is 51.4 Å². The van der Waals surface area contributed by atoms with Crippen molar-refractivity contribution in [2.75, 3.05) is 6.54 Å². The molecule has 0 aromatic rings. The number of carbonyl (C=O) groups is 1. The summed E-state index contributed by atoms with van der Waals surface area (Å²) in [5.74, 6) is -2.54. The van der Waals surface area contributed by atoms with E-state index in [2.05, 4.69) is 10.6 Å². The monoisotopic (exact) mass is 374 g/mol. The molecule has 148 valence electrons. The molecule has 2 aliphatic heterocycles. The van der Waals surface area contributed by atoms with Crippen molar-refractivity contribution < 1.29 is 28.2 Å². The molecule has 0 aromatic carbocycles. The molecule has 2 heterocycles. The number of hydrogen-bond acceptors (Lipinski definition) is 5. The van der Waals surface area contributed by atoms with Gasteiger partial charge in [0.2, 0.25) is 11.8 Å². The van der Waals surface area contributed by atoms with Crippen LogP contribution in [0.3, 0.4) is 0 Å². The maximum Gasteiger partial charge on any atom is 0.248 e. The zero-order chi connectivity index (χ0) is 18.3. The van der Waals surface area contributed by atoms with Gasteiger partial charge >= 0.3 is 0 Å². The largest absolute Gasteiger partial charge is 0.388 e. The number of ether oxygens (including phenoxy) is 2. The third kappa shape index (κ3) is 4.35. The first kappa shape index (κ1) is 18.5. The summed E-state index contributed by atoms with van der Waals surface area (Å²) in [5.41, 5.74) is 0. The predicted octanol–water partition coefficient (Wildman–Crippen LogP) is 1.11. The van der Waals surface area contributed by atoms with Gasteiger partial charge in [-0.2, -0.15) is 0 Å². The summed E-state index contributed by atoms with van der Waals surface area (Å²) in [6.07, 6.45) is 1.75. The molecule has 0 spiro atoms. The average Bonchev–Trinajstić information content (AvgIpc) is 3.23. The topological polar surface area (TPSA) is 79.8 Å². The lowest BCUT2D eigenvalue weighted by Crippen LogP contribution is -2.44. The van der Waals surface area contributed by atoms with Gasteiger partial charge in [0.05, 0.1) is 24.7 Å². The maximum atomic E-state index is 13.2. The van der Waals surface area contributed by atoms with Crippen molar-refractivity contribution in [3.8, 4) is 0 Å². The Hall–Kier alpha value is -0.830. The second kappa shape index (κ2) is 7.30. The van der Waals surface area contributed by atoms with Crippen LogP contribution in [-0.4, -0.2) is 66.1 Å². The molecule has 5 atom stereocenters. The van der Waals surface area contributed by atoms with Crippen molar-refractivity contribution in [3.63, 3.8) is 0 Å². The summed E-state index contributed by atoms with van der Waals surface area (Å²) in [4.78, 5) is 11.9. The summed E-state index contributed by atoms with van der Waals surface area (Å²) in [5, 5.41) is 16.7. The molecule has 8 heteroatoms. The van der Waals surface area contributed by atoms with E-state index in [1.165, 1.54) is 0 Å². The summed E-state index contributed by atoms with van der Waals surface area (Å²) < 4.78 is 38.2. The maximum absolute atomic E-state index is 13.2. The minimum absolute atomic E-state index is 0.000667. The number of nitrogens with one attached hydrogen (secondary N) is 2. The number of alkyl halides is 2. The van der Waals surface area contributed by atoms with E-state index in [1.54, 1.807) is 0 Å². The number of fused-ring (bicyclic) bond motifs is 1. The van der Waals surface area contributed by atoms with Crippen LogP contribution in [0, 0.1) is 0 Å². The second-order valence-electron chi connectivity index (χ2n) is 8.25. The smallest absolute Gasteiger partial charge is 0.248 e. The molecule has 6 nitrogen and oxygen atoms in total. The number of carbonyl (C=O) groups excluding carboxylic acids is 1. The van der Waals surface area contributed by atoms with Crippen LogP contribution in [0.5, 0.6) is 0 Å². The summed E-state index contributed by atoms with van der Waals surface area (Å²) in [6, 6.07) is 0.381. The number of rotatable bonds is 6. The van der Waals surface area contributed by atoms with E-state index < -0.39 is 24.2 Å². The Kier molecular flexibility index (Phi) is 5.20. The van der Waals surface area contributed by atoms with Gasteiger partial charge in [0.15, 0.2) is 0 Å². The Balaban J connectivity index is 1.19. The fourth-order valence-electron chi connectivity index (χ4n) is 4.26. The van der Waals surface area contributed by atoms with Crippen molar-refractivity contribution in [1.29, 1.82) is 0 Å². The summed E-state index contributed by atoms with van der Waals surface area (Å²) in [6.45, 7) is 0.431. The highest BCUT2D eigenvalue weighted by Crippen LogP contribution is 2.36. The van der Waals surface area contributed by atoms with E-state index in [0.29, 0.717) is 38.3 Å². The van der Waals surface area contributed by atoms with E-state index in [9.17, 15) is 18.7 Å². The first-order valence-electron chi connectivity index (χ1n) is 9.79. The number of halogens is 2. The van der Waals surface area contributed by atoms with Gasteiger partial charge in [0, 0.05) is 37.9 Å². The molecule has 0 aromatic heterocycles. The number of aliphatic hydroxyl groups excluding tert-OH is 1. The first-order chi connectivity index (χ1) is 12.4. The summed E-state index contributed by atoms with van der Waals surface area (Å²) in [7, 11) is 0. The molecule has 2 saturated carbocycles. The predicted molar refractivity (Wildman–Crippen MR) is 88.9 cm³/mol. The highest BCUT2D eigenvalue weighted by molar-refractivity contribution is 5.77. The standard InChI is InChI=1S/C18H28F2N2O4/c19-18(20)5-3-10(4-6-18)21-9-14-16(24)17-13(26-14)7-12(25-17)8-15(23)22-11-1-2-11/h10-14,16-17,21,24H,1-9H2,(H,22,23). The first-order valence-corrected chi connectivity index (χ1v) is 9.79. The fourth-order valence-corrected chi connectivity index (χ4v) is 4.26. The number of amides is 1. The lowest BCUT2D eigenvalue weighted by molar-refractivity contribution is -0.124. The van der Waals surface area contributed by atoms with Crippen molar-refractivity contribution in [2.45, 2.75) is 99.9 Å². The Morgan fingerprint density at radius 2 is 1.85 bits per heavy atom. The van der Waals surface area contributed by atoms with Crippen molar-refractivity contribution >= 4 is 5.91 Å². The van der Waals surface area contributed by atoms with Gasteiger partial charge in [-0.3, -0.25) is 4.79 Å². The van der Waals surface area contributed by atoms with E-state index in [-0.39, 0.29) is 37.0 Å². The van der Waals surface area contributed by atoms with Crippen LogP contribution < -0.4 is 10.6 Å². The molecule has 5 unspecified atom stereocenters. The molecule has 3 N–H and O–H groups in total. The lowest BCUT2D eigenvalue weighted by Gasteiger charge is -2.30. The second-order valence-corrected chi connectivity index (χ2v) is 8.25. The molecule has 2 saturated heterocycles. The van der Waals surface area contributed by atoms with Gasteiger partial charge < -0.3 is 25.2 Å². The zero-order valence-electron chi connectivity index (χ0n) is 14.8. The van der Waals surface area contributed by atoms with E-state index in [1.807, 2.05) is 0 Å². The van der Waals surface area contributed by atoms with Gasteiger partial charge in [-0.1, -0.05) is 0 Å². The van der Waals surface area contributed by atoms with Gasteiger partial charge in [-0.05, 0) is 25.7 Å². The Labute approximate surface area is 152 Å². The number of hydrogen-bond donors (Lipinski definition) is 3. The average molecular weight is 374 g/mol. The van der Waals surface area contributed by atoms with Crippen molar-refractivity contribution in [1.82, 2.24) is 10.6 Å². The molecule has 4 fully saturated rings. The fraction of sp³-hybridized carbons (Fsp3) is 0.944. The van der Waals surface area contributed by atoms with Crippen LogP contribution in [-0.2, 0) is 14.3 Å². The molecule has 4 rings (SSSR count). The third-order valence-electron chi connectivity index (χ3n) is 5.96. The Morgan fingerprint density at radius 3 is 2.50 bits per heavy atom. The lowest BCUT2D eigenvalue weighted by atomic mass is 9.92. The Bertz CT molecular complexity index is 521. The van der Waals surface area contributed by atoms with Crippen molar-refractivity contribution in [2.24, 2.45) is 0 Å². The summed E-state index contributed by atoms with van der Waals surface area (Å²) >= 11 is 0. The number of aliphatic hydroxyl groups is 1. The van der Waals surface area contributed by atoms with Gasteiger partial charge in [-0.15, -0.1) is 0 Å². The van der Waals surface area contributed by atoms with Gasteiger partial charge in [0.25, 0.3) is 0 Å². The molecule has 0 radical (unpaired) electrons. The van der Waals surface area contributed by atoms with E-state index in [0.717, 1.165) is 12.8 Å². The zero-order valence-corrected chi connectivity index (χ0v) is 14.8. The van der Waals surface area contributed by atoms with E-state index >= 15 is 0 Å². The minimum Gasteiger partial charge on any atom is -0.388 e. The van der Waals surface area contributed by atoms with Crippen LogP contribution in [0.15, 0.2) is 0 Å². The van der Waals surface area contributed by atoms with Crippen LogP contribution in [0.4, 0.5) is 8.78 Å². The molecular formula is C18H28F2N2O4. The Morgan fingerprint density at radius 1 is 1.12 bits per heavy atom. The highest BCUT2D eigenvalue weighted by Gasteiger charge is 2.50. The van der Waals surface area contributed by atoms with Crippen LogP contribution in [0.25, 0.3) is 0 Å². The highest BCUT2D eigenvalue weighted by atomic mass is 19.3. The quantitative estimate of drug-likeness (QED) is 0.649. The van der Waals surface area contributed by atoms with E-state index in [4.69, 9.17) is 9.47 Å². The molecule has 2 aliphatic carbocycles. The molecular weight excluding hydrogens is 346 g/mol. The minimum atomic E-state index is -2.53. The van der Waals surface area contributed by atoms with Crippen LogP contribution in [0.2, 0.25) is 0 Å². The normalized spacial score (nSPS) is 39.7. The van der Waals surface area contributed by atoms with Crippen LogP contribution >= 0.6 is 0 Å². The molecule has 1 amide bonds. The molecule has 0 bridgehead atoms. The molecule has 26 heavy (non-hydrogen) atoms.